The van der Waals surface area contributed by atoms with Gasteiger partial charge in [-0.3, -0.25) is 0 Å². The Morgan fingerprint density at radius 2 is 2.00 bits per heavy atom. The lowest BCUT2D eigenvalue weighted by Crippen LogP contribution is -2.02. The average Bonchev–Trinajstić information content (AvgIpc) is 2.49. The fourth-order valence-electron chi connectivity index (χ4n) is 1.90. The summed E-state index contributed by atoms with van der Waals surface area (Å²) in [5.74, 6) is 0.746. The van der Waals surface area contributed by atoms with Crippen molar-refractivity contribution in [2.75, 3.05) is 19.0 Å². The summed E-state index contributed by atoms with van der Waals surface area (Å²) in [6, 6.07) is 9.55. The van der Waals surface area contributed by atoms with Gasteiger partial charge in [-0.25, -0.2) is 4.39 Å². The molecule has 5 heteroatoms. The molecule has 0 fully saturated rings. The second-order valence-corrected chi connectivity index (χ2v) is 4.43. The normalized spacial score (nSPS) is 10.2. The SMILES string of the molecule is CCOc1cc(CNc2cc(OC)ccc2F)ccc1O. The Bertz CT molecular complexity index is 616. The second kappa shape index (κ2) is 6.83. The van der Waals surface area contributed by atoms with Gasteiger partial charge >= 0.3 is 0 Å². The van der Waals surface area contributed by atoms with Gasteiger partial charge < -0.3 is 19.9 Å². The number of anilines is 1. The number of methoxy groups -OCH3 is 1. The van der Waals surface area contributed by atoms with E-state index in [0.29, 0.717) is 30.3 Å². The topological polar surface area (TPSA) is 50.7 Å². The number of phenols is 1. The number of nitrogens with one attached hydrogen (secondary N) is 1. The Labute approximate surface area is 123 Å². The monoisotopic (exact) mass is 291 g/mol. The van der Waals surface area contributed by atoms with Crippen LogP contribution in [0.3, 0.4) is 0 Å². The highest BCUT2D eigenvalue weighted by atomic mass is 19.1. The van der Waals surface area contributed by atoms with Crippen molar-refractivity contribution in [1.29, 1.82) is 0 Å². The molecule has 0 spiro atoms. The summed E-state index contributed by atoms with van der Waals surface area (Å²) >= 11 is 0. The number of ether oxygens (including phenoxy) is 2. The molecule has 0 saturated carbocycles. The minimum absolute atomic E-state index is 0.0909. The highest BCUT2D eigenvalue weighted by molar-refractivity contribution is 5.50. The van der Waals surface area contributed by atoms with Crippen LogP contribution in [0.25, 0.3) is 0 Å². The van der Waals surface area contributed by atoms with Crippen LogP contribution < -0.4 is 14.8 Å². The van der Waals surface area contributed by atoms with E-state index in [4.69, 9.17) is 9.47 Å². The Morgan fingerprint density at radius 1 is 1.19 bits per heavy atom. The molecule has 4 nitrogen and oxygen atoms in total. The quantitative estimate of drug-likeness (QED) is 0.854. The van der Waals surface area contributed by atoms with Crippen LogP contribution in [-0.4, -0.2) is 18.8 Å². The number of hydrogen-bond acceptors (Lipinski definition) is 4. The first-order valence-corrected chi connectivity index (χ1v) is 6.66. The Kier molecular flexibility index (Phi) is 4.87. The molecule has 0 amide bonds. The van der Waals surface area contributed by atoms with E-state index >= 15 is 0 Å². The van der Waals surface area contributed by atoms with E-state index in [1.807, 2.05) is 6.92 Å². The smallest absolute Gasteiger partial charge is 0.161 e. The lowest BCUT2D eigenvalue weighted by molar-refractivity contribution is 0.318. The molecule has 0 bridgehead atoms. The van der Waals surface area contributed by atoms with E-state index < -0.39 is 0 Å². The van der Waals surface area contributed by atoms with E-state index in [1.165, 1.54) is 13.2 Å². The lowest BCUT2D eigenvalue weighted by Gasteiger charge is -2.11. The van der Waals surface area contributed by atoms with Crippen LogP contribution in [0.4, 0.5) is 10.1 Å². The number of hydrogen-bond donors (Lipinski definition) is 2. The maximum atomic E-state index is 13.7. The maximum absolute atomic E-state index is 13.7. The summed E-state index contributed by atoms with van der Waals surface area (Å²) in [4.78, 5) is 0. The highest BCUT2D eigenvalue weighted by Crippen LogP contribution is 2.27. The van der Waals surface area contributed by atoms with Crippen LogP contribution in [0.2, 0.25) is 0 Å². The molecule has 2 rings (SSSR count). The molecule has 112 valence electrons. The van der Waals surface area contributed by atoms with Crippen LogP contribution >= 0.6 is 0 Å². The van der Waals surface area contributed by atoms with E-state index in [9.17, 15) is 9.50 Å². The average molecular weight is 291 g/mol. The van der Waals surface area contributed by atoms with Crippen molar-refractivity contribution in [3.05, 3.63) is 47.8 Å². The van der Waals surface area contributed by atoms with Crippen molar-refractivity contribution in [2.24, 2.45) is 0 Å². The summed E-state index contributed by atoms with van der Waals surface area (Å²) in [6.45, 7) is 2.72. The van der Waals surface area contributed by atoms with Gasteiger partial charge in [0.25, 0.3) is 0 Å². The minimum atomic E-state index is -0.348. The zero-order valence-electron chi connectivity index (χ0n) is 12.0. The van der Waals surface area contributed by atoms with Crippen molar-refractivity contribution in [3.63, 3.8) is 0 Å². The molecule has 0 aromatic heterocycles. The molecule has 0 heterocycles. The molecular formula is C16H18FNO3. The Hall–Kier alpha value is -2.43. The van der Waals surface area contributed by atoms with Crippen LogP contribution in [0.5, 0.6) is 17.2 Å². The first-order valence-electron chi connectivity index (χ1n) is 6.66. The summed E-state index contributed by atoms with van der Waals surface area (Å²) in [5, 5.41) is 12.6. The number of aromatic hydroxyl groups is 1. The molecule has 0 radical (unpaired) electrons. The van der Waals surface area contributed by atoms with Crippen LogP contribution in [0.1, 0.15) is 12.5 Å². The predicted octanol–water partition coefficient (Wildman–Crippen LogP) is 3.55. The molecular weight excluding hydrogens is 273 g/mol. The highest BCUT2D eigenvalue weighted by Gasteiger charge is 2.06. The standard InChI is InChI=1S/C16H18FNO3/c1-3-21-16-8-11(4-7-15(16)19)10-18-14-9-12(20-2)5-6-13(14)17/h4-9,18-19H,3,10H2,1-2H3. The summed E-state index contributed by atoms with van der Waals surface area (Å²) in [6.07, 6.45) is 0. The molecule has 0 aliphatic carbocycles. The van der Waals surface area contributed by atoms with Gasteiger partial charge in [0, 0.05) is 12.6 Å². The lowest BCUT2D eigenvalue weighted by atomic mass is 10.2. The van der Waals surface area contributed by atoms with Gasteiger partial charge in [0.1, 0.15) is 11.6 Å². The third-order valence-corrected chi connectivity index (χ3v) is 2.98. The molecule has 0 aliphatic rings. The molecule has 0 atom stereocenters. The van der Waals surface area contributed by atoms with Crippen molar-refractivity contribution in [1.82, 2.24) is 0 Å². The zero-order valence-corrected chi connectivity index (χ0v) is 12.0. The van der Waals surface area contributed by atoms with Crippen molar-refractivity contribution >= 4 is 5.69 Å². The van der Waals surface area contributed by atoms with E-state index in [2.05, 4.69) is 5.32 Å². The van der Waals surface area contributed by atoms with Gasteiger partial charge in [-0.2, -0.15) is 0 Å². The van der Waals surface area contributed by atoms with Gasteiger partial charge in [-0.05, 0) is 36.8 Å². The van der Waals surface area contributed by atoms with Gasteiger partial charge in [0.2, 0.25) is 0 Å². The van der Waals surface area contributed by atoms with Gasteiger partial charge in [0.15, 0.2) is 11.5 Å². The largest absolute Gasteiger partial charge is 0.504 e. The third kappa shape index (κ3) is 3.78. The summed E-state index contributed by atoms with van der Waals surface area (Å²) in [5.41, 5.74) is 1.24. The van der Waals surface area contributed by atoms with Crippen molar-refractivity contribution < 1.29 is 19.0 Å². The van der Waals surface area contributed by atoms with E-state index in [1.54, 1.807) is 30.3 Å². The first kappa shape index (κ1) is 15.0. The van der Waals surface area contributed by atoms with Gasteiger partial charge in [-0.1, -0.05) is 6.07 Å². The van der Waals surface area contributed by atoms with Gasteiger partial charge in [-0.15, -0.1) is 0 Å². The summed E-state index contributed by atoms with van der Waals surface area (Å²) < 4.78 is 24.1. The number of phenolic OH excluding ortho intramolecular Hbond substituents is 1. The van der Waals surface area contributed by atoms with Crippen molar-refractivity contribution in [2.45, 2.75) is 13.5 Å². The predicted molar refractivity (Wildman–Crippen MR) is 79.6 cm³/mol. The fraction of sp³-hybridized carbons (Fsp3) is 0.250. The molecule has 2 N–H and O–H groups in total. The van der Waals surface area contributed by atoms with Crippen LogP contribution in [0, 0.1) is 5.82 Å². The maximum Gasteiger partial charge on any atom is 0.161 e. The molecule has 0 saturated heterocycles. The molecule has 2 aromatic rings. The minimum Gasteiger partial charge on any atom is -0.504 e. The third-order valence-electron chi connectivity index (χ3n) is 2.98. The number of benzene rings is 2. The number of halogens is 1. The van der Waals surface area contributed by atoms with E-state index in [0.717, 1.165) is 5.56 Å². The van der Waals surface area contributed by atoms with E-state index in [-0.39, 0.29) is 11.6 Å². The van der Waals surface area contributed by atoms with Gasteiger partial charge in [0.05, 0.1) is 19.4 Å². The van der Waals surface area contributed by atoms with Crippen LogP contribution in [0.15, 0.2) is 36.4 Å². The Morgan fingerprint density at radius 3 is 2.71 bits per heavy atom. The number of rotatable bonds is 6. The van der Waals surface area contributed by atoms with Crippen molar-refractivity contribution in [3.8, 4) is 17.2 Å². The Balaban J connectivity index is 2.11. The van der Waals surface area contributed by atoms with Crippen LogP contribution in [-0.2, 0) is 6.54 Å². The molecule has 0 aliphatic heterocycles. The fourth-order valence-corrected chi connectivity index (χ4v) is 1.90. The zero-order chi connectivity index (χ0) is 15.2. The molecule has 21 heavy (non-hydrogen) atoms. The summed E-state index contributed by atoms with van der Waals surface area (Å²) in [7, 11) is 1.53. The second-order valence-electron chi connectivity index (χ2n) is 4.43. The first-order chi connectivity index (χ1) is 10.1. The molecule has 2 aromatic carbocycles. The molecule has 0 unspecified atom stereocenters.